The Morgan fingerprint density at radius 3 is 2.95 bits per heavy atom. The number of aryl methyl sites for hydroxylation is 1. The molecule has 1 aromatic rings. The van der Waals surface area contributed by atoms with Crippen LogP contribution in [0, 0.1) is 6.92 Å². The first kappa shape index (κ1) is 13.9. The summed E-state index contributed by atoms with van der Waals surface area (Å²) in [7, 11) is 1.64. The summed E-state index contributed by atoms with van der Waals surface area (Å²) in [6.45, 7) is 5.76. The zero-order valence-corrected chi connectivity index (χ0v) is 11.9. The molecule has 1 fully saturated rings. The number of hydrogen-bond donors (Lipinski definition) is 1. The molecular formula is C15H22N2O2. The van der Waals surface area contributed by atoms with Gasteiger partial charge in [0.05, 0.1) is 18.8 Å². The molecule has 1 aliphatic rings. The molecule has 1 atom stereocenters. The zero-order chi connectivity index (χ0) is 13.8. The summed E-state index contributed by atoms with van der Waals surface area (Å²) >= 11 is 0. The van der Waals surface area contributed by atoms with Gasteiger partial charge in [0.2, 0.25) is 5.91 Å². The lowest BCUT2D eigenvalue weighted by Gasteiger charge is -2.20. The summed E-state index contributed by atoms with van der Waals surface area (Å²) in [5.41, 5.74) is 2.02. The van der Waals surface area contributed by atoms with Crippen molar-refractivity contribution in [2.24, 2.45) is 0 Å². The molecule has 2 rings (SSSR count). The first-order valence-corrected chi connectivity index (χ1v) is 6.86. The fourth-order valence-corrected chi connectivity index (χ4v) is 2.44. The van der Waals surface area contributed by atoms with Gasteiger partial charge in [-0.15, -0.1) is 0 Å². The Morgan fingerprint density at radius 1 is 1.47 bits per heavy atom. The molecule has 1 aromatic carbocycles. The molecule has 1 amide bonds. The van der Waals surface area contributed by atoms with E-state index in [2.05, 4.69) is 12.2 Å². The van der Waals surface area contributed by atoms with Gasteiger partial charge in [0.1, 0.15) is 5.75 Å². The van der Waals surface area contributed by atoms with Crippen molar-refractivity contribution in [1.29, 1.82) is 0 Å². The average Bonchev–Trinajstić information content (AvgIpc) is 2.77. The molecule has 1 unspecified atom stereocenters. The number of anilines is 1. The number of nitrogens with zero attached hydrogens (tertiary/aromatic N) is 1. The van der Waals surface area contributed by atoms with E-state index in [9.17, 15) is 4.79 Å². The average molecular weight is 262 g/mol. The second kappa shape index (κ2) is 6.06. The van der Waals surface area contributed by atoms with E-state index in [0.29, 0.717) is 0 Å². The maximum atomic E-state index is 12.4. The van der Waals surface area contributed by atoms with Gasteiger partial charge in [-0.25, -0.2) is 0 Å². The molecule has 0 saturated carbocycles. The minimum absolute atomic E-state index is 0.0508. The van der Waals surface area contributed by atoms with Crippen molar-refractivity contribution < 1.29 is 9.53 Å². The number of ether oxygens (including phenoxy) is 1. The first-order valence-electron chi connectivity index (χ1n) is 6.86. The van der Waals surface area contributed by atoms with Crippen LogP contribution in [0.2, 0.25) is 0 Å². The summed E-state index contributed by atoms with van der Waals surface area (Å²) in [6.07, 6.45) is 1.90. The van der Waals surface area contributed by atoms with E-state index in [-0.39, 0.29) is 11.9 Å². The highest BCUT2D eigenvalue weighted by Crippen LogP contribution is 2.32. The molecule has 1 N–H and O–H groups in total. The van der Waals surface area contributed by atoms with E-state index in [1.54, 1.807) is 7.11 Å². The Balaban J connectivity index is 2.19. The Hall–Kier alpha value is -1.55. The maximum Gasteiger partial charge on any atom is 0.244 e. The SMILES string of the molecule is CCCNC1CCN(c2cc(C)ccc2OC)C1=O. The second-order valence-corrected chi connectivity index (χ2v) is 4.96. The van der Waals surface area contributed by atoms with Gasteiger partial charge in [0.15, 0.2) is 0 Å². The molecule has 4 nitrogen and oxygen atoms in total. The Bertz CT molecular complexity index is 459. The summed E-state index contributed by atoms with van der Waals surface area (Å²) in [5, 5.41) is 3.30. The lowest BCUT2D eigenvalue weighted by Crippen LogP contribution is -2.38. The third kappa shape index (κ3) is 2.89. The van der Waals surface area contributed by atoms with Gasteiger partial charge in [-0.05, 0) is 44.0 Å². The van der Waals surface area contributed by atoms with Crippen molar-refractivity contribution in [2.45, 2.75) is 32.7 Å². The Morgan fingerprint density at radius 2 is 2.26 bits per heavy atom. The maximum absolute atomic E-state index is 12.4. The molecular weight excluding hydrogens is 240 g/mol. The van der Waals surface area contributed by atoms with Crippen molar-refractivity contribution in [3.05, 3.63) is 23.8 Å². The van der Waals surface area contributed by atoms with E-state index >= 15 is 0 Å². The van der Waals surface area contributed by atoms with Crippen LogP contribution in [0.4, 0.5) is 5.69 Å². The third-order valence-electron chi connectivity index (χ3n) is 3.47. The zero-order valence-electron chi connectivity index (χ0n) is 11.9. The molecule has 0 radical (unpaired) electrons. The van der Waals surface area contributed by atoms with E-state index in [0.717, 1.165) is 42.9 Å². The lowest BCUT2D eigenvalue weighted by atomic mass is 10.2. The van der Waals surface area contributed by atoms with Crippen LogP contribution in [-0.4, -0.2) is 32.1 Å². The predicted octanol–water partition coefficient (Wildman–Crippen LogP) is 2.11. The van der Waals surface area contributed by atoms with Crippen LogP contribution in [0.5, 0.6) is 5.75 Å². The monoisotopic (exact) mass is 262 g/mol. The number of carbonyl (C=O) groups is 1. The van der Waals surface area contributed by atoms with Gasteiger partial charge in [-0.3, -0.25) is 4.79 Å². The van der Waals surface area contributed by atoms with Gasteiger partial charge in [-0.2, -0.15) is 0 Å². The van der Waals surface area contributed by atoms with Gasteiger partial charge >= 0.3 is 0 Å². The van der Waals surface area contributed by atoms with E-state index in [4.69, 9.17) is 4.74 Å². The third-order valence-corrected chi connectivity index (χ3v) is 3.47. The molecule has 1 saturated heterocycles. The standard InChI is InChI=1S/C15H22N2O2/c1-4-8-16-12-7-9-17(15(12)18)13-10-11(2)5-6-14(13)19-3/h5-6,10,12,16H,4,7-9H2,1-3H3. The molecule has 0 spiro atoms. The lowest BCUT2D eigenvalue weighted by molar-refractivity contribution is -0.118. The van der Waals surface area contributed by atoms with Crippen LogP contribution < -0.4 is 15.0 Å². The number of hydrogen-bond acceptors (Lipinski definition) is 3. The van der Waals surface area contributed by atoms with E-state index < -0.39 is 0 Å². The fourth-order valence-electron chi connectivity index (χ4n) is 2.44. The van der Waals surface area contributed by atoms with Gasteiger partial charge in [0, 0.05) is 6.54 Å². The molecule has 0 aliphatic carbocycles. The highest BCUT2D eigenvalue weighted by Gasteiger charge is 2.33. The molecule has 104 valence electrons. The number of benzene rings is 1. The van der Waals surface area contributed by atoms with Gasteiger partial charge < -0.3 is 15.0 Å². The molecule has 1 aliphatic heterocycles. The molecule has 19 heavy (non-hydrogen) atoms. The quantitative estimate of drug-likeness (QED) is 0.883. The van der Waals surface area contributed by atoms with Crippen LogP contribution >= 0.6 is 0 Å². The second-order valence-electron chi connectivity index (χ2n) is 4.96. The van der Waals surface area contributed by atoms with E-state index in [1.165, 1.54) is 0 Å². The highest BCUT2D eigenvalue weighted by molar-refractivity contribution is 6.00. The molecule has 0 bridgehead atoms. The number of amides is 1. The normalized spacial score (nSPS) is 19.0. The molecule has 0 aromatic heterocycles. The number of rotatable bonds is 5. The number of methoxy groups -OCH3 is 1. The number of carbonyl (C=O) groups excluding carboxylic acids is 1. The molecule has 1 heterocycles. The summed E-state index contributed by atoms with van der Waals surface area (Å²) in [6, 6.07) is 5.88. The van der Waals surface area contributed by atoms with Crippen LogP contribution in [0.1, 0.15) is 25.3 Å². The fraction of sp³-hybridized carbons (Fsp3) is 0.533. The van der Waals surface area contributed by atoms with Crippen LogP contribution in [0.15, 0.2) is 18.2 Å². The van der Waals surface area contributed by atoms with Crippen molar-refractivity contribution >= 4 is 11.6 Å². The van der Waals surface area contributed by atoms with E-state index in [1.807, 2.05) is 30.0 Å². The Labute approximate surface area is 114 Å². The topological polar surface area (TPSA) is 41.6 Å². The summed E-state index contributed by atoms with van der Waals surface area (Å²) < 4.78 is 5.36. The van der Waals surface area contributed by atoms with Crippen LogP contribution in [-0.2, 0) is 4.79 Å². The summed E-state index contributed by atoms with van der Waals surface area (Å²) in [5.74, 6) is 0.910. The smallest absolute Gasteiger partial charge is 0.244 e. The number of nitrogens with one attached hydrogen (secondary N) is 1. The van der Waals surface area contributed by atoms with Gasteiger partial charge in [-0.1, -0.05) is 13.0 Å². The highest BCUT2D eigenvalue weighted by atomic mass is 16.5. The first-order chi connectivity index (χ1) is 9.17. The molecule has 4 heteroatoms. The van der Waals surface area contributed by atoms with Crippen molar-refractivity contribution in [3.63, 3.8) is 0 Å². The predicted molar refractivity (Wildman–Crippen MR) is 76.8 cm³/mol. The Kier molecular flexibility index (Phi) is 4.43. The van der Waals surface area contributed by atoms with Crippen LogP contribution in [0.25, 0.3) is 0 Å². The minimum Gasteiger partial charge on any atom is -0.495 e. The van der Waals surface area contributed by atoms with Crippen molar-refractivity contribution in [1.82, 2.24) is 5.32 Å². The van der Waals surface area contributed by atoms with Gasteiger partial charge in [0.25, 0.3) is 0 Å². The largest absolute Gasteiger partial charge is 0.495 e. The van der Waals surface area contributed by atoms with Crippen molar-refractivity contribution in [3.8, 4) is 5.75 Å². The summed E-state index contributed by atoms with van der Waals surface area (Å²) in [4.78, 5) is 14.2. The van der Waals surface area contributed by atoms with Crippen LogP contribution in [0.3, 0.4) is 0 Å². The van der Waals surface area contributed by atoms with Crippen molar-refractivity contribution in [2.75, 3.05) is 25.1 Å². The minimum atomic E-state index is -0.0508.